The highest BCUT2D eigenvalue weighted by Crippen LogP contribution is 2.48. The zero-order valence-electron chi connectivity index (χ0n) is 19.2. The van der Waals surface area contributed by atoms with E-state index >= 15 is 0 Å². The van der Waals surface area contributed by atoms with Gasteiger partial charge in [-0.15, -0.1) is 13.2 Å². The van der Waals surface area contributed by atoms with E-state index in [4.69, 9.17) is 0 Å². The first-order valence-corrected chi connectivity index (χ1v) is 11.1. The Hall–Kier alpha value is -3.48. The van der Waals surface area contributed by atoms with Gasteiger partial charge in [0, 0.05) is 23.8 Å². The SMILES string of the molecule is O[C@H](CN1CC(Cc2cccc(OC(F)(F)F)c2)(c2ccnc(C(F)(F)F)c2)c2ccccc21)C(F)(F)F. The van der Waals surface area contributed by atoms with E-state index in [1.165, 1.54) is 41.3 Å². The molecule has 13 heteroatoms. The molecular formula is C25H19F9N2O2. The number of rotatable bonds is 6. The van der Waals surface area contributed by atoms with Gasteiger partial charge in [0.25, 0.3) is 0 Å². The number of fused-ring (bicyclic) bond motifs is 1. The van der Waals surface area contributed by atoms with Gasteiger partial charge in [-0.2, -0.15) is 26.3 Å². The first-order valence-electron chi connectivity index (χ1n) is 11.1. The van der Waals surface area contributed by atoms with E-state index in [-0.39, 0.29) is 29.8 Å². The summed E-state index contributed by atoms with van der Waals surface area (Å²) in [5.74, 6) is -0.563. The van der Waals surface area contributed by atoms with Crippen molar-refractivity contribution in [2.75, 3.05) is 18.0 Å². The van der Waals surface area contributed by atoms with Gasteiger partial charge >= 0.3 is 18.7 Å². The molecule has 0 saturated carbocycles. The number of halogens is 9. The Morgan fingerprint density at radius 3 is 2.29 bits per heavy atom. The van der Waals surface area contributed by atoms with Gasteiger partial charge in [-0.1, -0.05) is 30.3 Å². The van der Waals surface area contributed by atoms with Crippen molar-refractivity contribution in [3.63, 3.8) is 0 Å². The normalized spacial score (nSPS) is 18.8. The number of nitrogens with zero attached hydrogens (tertiary/aromatic N) is 2. The van der Waals surface area contributed by atoms with Crippen LogP contribution in [0.5, 0.6) is 5.75 Å². The first kappa shape index (κ1) is 27.6. The van der Waals surface area contributed by atoms with Crippen LogP contribution in [0.3, 0.4) is 0 Å². The number of aromatic nitrogens is 1. The molecule has 1 aromatic heterocycles. The fourth-order valence-electron chi connectivity index (χ4n) is 4.71. The molecule has 2 heterocycles. The summed E-state index contributed by atoms with van der Waals surface area (Å²) >= 11 is 0. The van der Waals surface area contributed by atoms with Crippen molar-refractivity contribution in [1.82, 2.24) is 4.98 Å². The van der Waals surface area contributed by atoms with Crippen molar-refractivity contribution < 1.29 is 49.4 Å². The Bertz CT molecular complexity index is 1290. The third-order valence-corrected chi connectivity index (χ3v) is 6.23. The van der Waals surface area contributed by atoms with Gasteiger partial charge in [0.15, 0.2) is 6.10 Å². The Morgan fingerprint density at radius 2 is 1.63 bits per heavy atom. The third kappa shape index (κ3) is 5.82. The summed E-state index contributed by atoms with van der Waals surface area (Å²) in [6.45, 7) is -1.21. The number of benzene rings is 2. The quantitative estimate of drug-likeness (QED) is 0.368. The van der Waals surface area contributed by atoms with Gasteiger partial charge in [0.1, 0.15) is 11.4 Å². The Balaban J connectivity index is 1.86. The number of β-amino-alcohol motifs (C(OH)–C–C–N with tert-alkyl or cyclic N) is 1. The van der Waals surface area contributed by atoms with Crippen molar-refractivity contribution in [3.8, 4) is 5.75 Å². The molecule has 38 heavy (non-hydrogen) atoms. The molecular weight excluding hydrogens is 531 g/mol. The summed E-state index contributed by atoms with van der Waals surface area (Å²) in [7, 11) is 0. The van der Waals surface area contributed by atoms with Crippen molar-refractivity contribution in [2.24, 2.45) is 0 Å². The molecule has 0 aliphatic carbocycles. The van der Waals surface area contributed by atoms with Crippen LogP contribution in [0.15, 0.2) is 66.9 Å². The molecule has 3 aromatic rings. The van der Waals surface area contributed by atoms with Crippen LogP contribution >= 0.6 is 0 Å². The number of hydrogen-bond acceptors (Lipinski definition) is 4. The molecule has 204 valence electrons. The predicted octanol–water partition coefficient (Wildman–Crippen LogP) is 6.27. The molecule has 4 nitrogen and oxygen atoms in total. The molecule has 1 aliphatic rings. The predicted molar refractivity (Wildman–Crippen MR) is 118 cm³/mol. The van der Waals surface area contributed by atoms with E-state index < -0.39 is 48.2 Å². The number of pyridine rings is 1. The Kier molecular flexibility index (Phi) is 7.02. The average molecular weight is 550 g/mol. The van der Waals surface area contributed by atoms with E-state index in [9.17, 15) is 44.6 Å². The van der Waals surface area contributed by atoms with Crippen LogP contribution in [0.2, 0.25) is 0 Å². The number of aliphatic hydroxyl groups excluding tert-OH is 1. The molecule has 0 bridgehead atoms. The highest BCUT2D eigenvalue weighted by atomic mass is 19.4. The summed E-state index contributed by atoms with van der Waals surface area (Å²) in [6.07, 6.45) is -16.8. The van der Waals surface area contributed by atoms with Crippen LogP contribution in [0.4, 0.5) is 45.2 Å². The van der Waals surface area contributed by atoms with Crippen LogP contribution in [0.25, 0.3) is 0 Å². The van der Waals surface area contributed by atoms with Crippen LogP contribution in [0, 0.1) is 0 Å². The van der Waals surface area contributed by atoms with E-state index in [0.717, 1.165) is 24.4 Å². The Morgan fingerprint density at radius 1 is 0.921 bits per heavy atom. The second-order valence-electron chi connectivity index (χ2n) is 8.84. The van der Waals surface area contributed by atoms with Crippen molar-refractivity contribution in [2.45, 2.75) is 36.7 Å². The highest BCUT2D eigenvalue weighted by Gasteiger charge is 2.48. The topological polar surface area (TPSA) is 45.6 Å². The minimum atomic E-state index is -4.99. The molecule has 0 amide bonds. The molecule has 1 N–H and O–H groups in total. The smallest absolute Gasteiger partial charge is 0.406 e. The minimum Gasteiger partial charge on any atom is -0.406 e. The third-order valence-electron chi connectivity index (χ3n) is 6.23. The van der Waals surface area contributed by atoms with Gasteiger partial charge < -0.3 is 14.7 Å². The largest absolute Gasteiger partial charge is 0.573 e. The van der Waals surface area contributed by atoms with Crippen molar-refractivity contribution in [1.29, 1.82) is 0 Å². The second kappa shape index (κ2) is 9.68. The number of anilines is 1. The molecule has 2 atom stereocenters. The monoisotopic (exact) mass is 550 g/mol. The molecule has 2 aromatic carbocycles. The second-order valence-corrected chi connectivity index (χ2v) is 8.84. The van der Waals surface area contributed by atoms with Crippen molar-refractivity contribution >= 4 is 5.69 Å². The molecule has 4 rings (SSSR count). The zero-order chi connectivity index (χ0) is 27.9. The minimum absolute atomic E-state index is 0.0402. The molecule has 1 unspecified atom stereocenters. The summed E-state index contributed by atoms with van der Waals surface area (Å²) in [6, 6.07) is 12.9. The van der Waals surface area contributed by atoms with Gasteiger partial charge in [0.05, 0.1) is 6.54 Å². The zero-order valence-corrected chi connectivity index (χ0v) is 19.2. The van der Waals surface area contributed by atoms with E-state index in [1.54, 1.807) is 6.07 Å². The number of hydrogen-bond donors (Lipinski definition) is 1. The van der Waals surface area contributed by atoms with Gasteiger partial charge in [0.2, 0.25) is 0 Å². The lowest BCUT2D eigenvalue weighted by Gasteiger charge is -2.33. The maximum atomic E-state index is 13.5. The average Bonchev–Trinajstić information content (AvgIpc) is 3.11. The summed E-state index contributed by atoms with van der Waals surface area (Å²) in [4.78, 5) is 4.56. The fourth-order valence-corrected chi connectivity index (χ4v) is 4.71. The standard InChI is InChI=1S/C25H19F9N2O2/c26-23(27,28)20-11-16(8-9-35-20)22(12-15-4-3-5-17(10-15)38-25(32,33)34)14-36(13-21(37)24(29,30)31)19-7-2-1-6-18(19)22/h1-11,21,37H,12-14H2/t21-,22?/m1/s1. The lowest BCUT2D eigenvalue weighted by molar-refractivity contribution is -0.274. The lowest BCUT2D eigenvalue weighted by atomic mass is 9.72. The number of ether oxygens (including phenoxy) is 1. The first-order chi connectivity index (χ1) is 17.6. The van der Waals surface area contributed by atoms with Gasteiger partial charge in [-0.05, 0) is 53.4 Å². The summed E-state index contributed by atoms with van der Waals surface area (Å²) < 4.78 is 122. The highest BCUT2D eigenvalue weighted by molar-refractivity contribution is 5.67. The van der Waals surface area contributed by atoms with Crippen LogP contribution in [-0.4, -0.2) is 41.8 Å². The van der Waals surface area contributed by atoms with Crippen LogP contribution in [-0.2, 0) is 18.0 Å². The fraction of sp³-hybridized carbons (Fsp3) is 0.320. The summed E-state index contributed by atoms with van der Waals surface area (Å²) in [5.41, 5.74) is -1.83. The van der Waals surface area contributed by atoms with E-state index in [1.807, 2.05) is 0 Å². The van der Waals surface area contributed by atoms with Gasteiger partial charge in [-0.25, -0.2) is 0 Å². The maximum Gasteiger partial charge on any atom is 0.573 e. The molecule has 1 aliphatic heterocycles. The van der Waals surface area contributed by atoms with E-state index in [0.29, 0.717) is 5.56 Å². The van der Waals surface area contributed by atoms with Crippen LogP contribution < -0.4 is 9.64 Å². The molecule has 0 fully saturated rings. The van der Waals surface area contributed by atoms with Crippen LogP contribution in [0.1, 0.15) is 22.4 Å². The summed E-state index contributed by atoms with van der Waals surface area (Å²) in [5, 5.41) is 9.75. The number of alkyl halides is 9. The Labute approximate surface area is 210 Å². The van der Waals surface area contributed by atoms with E-state index in [2.05, 4.69) is 9.72 Å². The lowest BCUT2D eigenvalue weighted by Crippen LogP contribution is -2.44. The van der Waals surface area contributed by atoms with Crippen molar-refractivity contribution in [3.05, 3.63) is 89.2 Å². The molecule has 0 radical (unpaired) electrons. The maximum absolute atomic E-state index is 13.5. The van der Waals surface area contributed by atoms with Gasteiger partial charge in [-0.3, -0.25) is 4.98 Å². The molecule has 0 saturated heterocycles. The number of para-hydroxylation sites is 1. The molecule has 0 spiro atoms. The number of aliphatic hydroxyl groups is 1.